The van der Waals surface area contributed by atoms with Gasteiger partial charge in [-0.3, -0.25) is 15.3 Å². The van der Waals surface area contributed by atoms with Crippen molar-refractivity contribution in [2.24, 2.45) is 4.99 Å². The van der Waals surface area contributed by atoms with E-state index in [1.54, 1.807) is 12.4 Å². The first kappa shape index (κ1) is 24.1. The molecule has 2 rings (SSSR count). The zero-order chi connectivity index (χ0) is 21.1. The van der Waals surface area contributed by atoms with E-state index in [1.807, 2.05) is 18.3 Å². The highest BCUT2D eigenvalue weighted by molar-refractivity contribution is 5.94. The molecule has 2 heterocycles. The summed E-state index contributed by atoms with van der Waals surface area (Å²) in [5.41, 5.74) is 0.861. The van der Waals surface area contributed by atoms with E-state index in [9.17, 15) is 0 Å². The molecule has 2 N–H and O–H groups in total. The molecular formula is C23H37N5O2. The third-order valence-electron chi connectivity index (χ3n) is 5.13. The summed E-state index contributed by atoms with van der Waals surface area (Å²) in [5.74, 6) is 0.489. The van der Waals surface area contributed by atoms with Gasteiger partial charge in [0.15, 0.2) is 12.5 Å². The Labute approximate surface area is 181 Å². The van der Waals surface area contributed by atoms with Crippen molar-refractivity contribution in [3.05, 3.63) is 24.5 Å². The van der Waals surface area contributed by atoms with Crippen molar-refractivity contribution in [3.63, 3.8) is 0 Å². The topological polar surface area (TPSA) is 91.6 Å². The van der Waals surface area contributed by atoms with Gasteiger partial charge >= 0.3 is 0 Å². The van der Waals surface area contributed by atoms with E-state index >= 15 is 0 Å². The molecule has 1 aliphatic rings. The number of nitriles is 1. The highest BCUT2D eigenvalue weighted by Gasteiger charge is 2.13. The molecule has 1 aromatic heterocycles. The van der Waals surface area contributed by atoms with Crippen LogP contribution < -0.4 is 10.6 Å². The van der Waals surface area contributed by atoms with E-state index < -0.39 is 0 Å². The number of anilines is 1. The molecule has 0 amide bonds. The number of nitrogens with zero attached hydrogens (tertiary/aromatic N) is 3. The molecule has 0 saturated carbocycles. The third-order valence-corrected chi connectivity index (χ3v) is 5.13. The summed E-state index contributed by atoms with van der Waals surface area (Å²) in [4.78, 5) is 8.43. The van der Waals surface area contributed by atoms with Gasteiger partial charge in [-0.2, -0.15) is 5.26 Å². The van der Waals surface area contributed by atoms with Crippen molar-refractivity contribution in [1.82, 2.24) is 10.3 Å². The van der Waals surface area contributed by atoms with Crippen LogP contribution in [0.25, 0.3) is 0 Å². The summed E-state index contributed by atoms with van der Waals surface area (Å²) in [6.45, 7) is 2.41. The van der Waals surface area contributed by atoms with E-state index in [0.29, 0.717) is 12.5 Å². The number of pyridine rings is 1. The predicted octanol–water partition coefficient (Wildman–Crippen LogP) is 4.97. The number of aliphatic imine (C=N–C) groups is 1. The summed E-state index contributed by atoms with van der Waals surface area (Å²) < 4.78 is 11.3. The van der Waals surface area contributed by atoms with E-state index in [4.69, 9.17) is 14.7 Å². The predicted molar refractivity (Wildman–Crippen MR) is 120 cm³/mol. The first-order chi connectivity index (χ1) is 14.9. The molecule has 1 aliphatic heterocycles. The van der Waals surface area contributed by atoms with Crippen molar-refractivity contribution >= 4 is 11.6 Å². The number of hydrogen-bond acceptors (Lipinski definition) is 5. The minimum Gasteiger partial charge on any atom is -0.353 e. The lowest BCUT2D eigenvalue weighted by molar-refractivity contribution is -0.162. The summed E-state index contributed by atoms with van der Waals surface area (Å²) in [5, 5.41) is 14.6. The van der Waals surface area contributed by atoms with Crippen molar-refractivity contribution < 1.29 is 9.47 Å². The zero-order valence-corrected chi connectivity index (χ0v) is 18.2. The van der Waals surface area contributed by atoms with E-state index in [-0.39, 0.29) is 6.29 Å². The van der Waals surface area contributed by atoms with Gasteiger partial charge in [-0.1, -0.05) is 44.9 Å². The van der Waals surface area contributed by atoms with Crippen molar-refractivity contribution in [2.45, 2.75) is 83.3 Å². The Balaban J connectivity index is 1.39. The van der Waals surface area contributed by atoms with E-state index in [0.717, 1.165) is 38.2 Å². The molecular weight excluding hydrogens is 378 g/mol. The molecule has 7 nitrogen and oxygen atoms in total. The van der Waals surface area contributed by atoms with Gasteiger partial charge in [0.05, 0.1) is 0 Å². The number of unbranched alkanes of at least 4 members (excludes halogenated alkanes) is 8. The highest BCUT2D eigenvalue weighted by atomic mass is 16.7. The Morgan fingerprint density at radius 2 is 1.77 bits per heavy atom. The second-order valence-electron chi connectivity index (χ2n) is 7.68. The van der Waals surface area contributed by atoms with Gasteiger partial charge in [-0.15, -0.1) is 0 Å². The lowest BCUT2D eigenvalue weighted by atomic mass is 10.1. The molecule has 7 heteroatoms. The smallest absolute Gasteiger partial charge is 0.209 e. The molecule has 0 bridgehead atoms. The molecule has 166 valence electrons. The molecule has 30 heavy (non-hydrogen) atoms. The van der Waals surface area contributed by atoms with Crippen LogP contribution in [0.4, 0.5) is 5.69 Å². The fourth-order valence-corrected chi connectivity index (χ4v) is 3.43. The average molecular weight is 416 g/mol. The van der Waals surface area contributed by atoms with Gasteiger partial charge < -0.3 is 14.8 Å². The minimum absolute atomic E-state index is 0.0567. The molecule has 0 aliphatic carbocycles. The quantitative estimate of drug-likeness (QED) is 0.146. The van der Waals surface area contributed by atoms with E-state index in [2.05, 4.69) is 20.6 Å². The van der Waals surface area contributed by atoms with Gasteiger partial charge in [0.1, 0.15) is 0 Å². The Kier molecular flexibility index (Phi) is 13.3. The standard InChI is InChI=1S/C23H37N5O2/c24-20-27-23(28-21-13-16-25-17-14-21)26-15-9-6-4-2-1-3-5-7-10-18-29-22-12-8-11-19-30-22/h13-14,16-17,22H,1-12,15,18-19H2,(H2,25,26,27,28). The van der Waals surface area contributed by atoms with Gasteiger partial charge in [-0.25, -0.2) is 0 Å². The number of hydrogen-bond donors (Lipinski definition) is 2. The largest absolute Gasteiger partial charge is 0.353 e. The Morgan fingerprint density at radius 3 is 2.43 bits per heavy atom. The number of nitrogens with one attached hydrogen (secondary N) is 2. The SMILES string of the molecule is N#CNC(=NCCCCCCCCCCCOC1CCCCO1)Nc1ccncc1. The molecule has 0 spiro atoms. The van der Waals surface area contributed by atoms with Crippen LogP contribution in [-0.4, -0.2) is 37.0 Å². The second-order valence-corrected chi connectivity index (χ2v) is 7.68. The molecule has 1 atom stereocenters. The monoisotopic (exact) mass is 415 g/mol. The summed E-state index contributed by atoms with van der Waals surface area (Å²) >= 11 is 0. The van der Waals surface area contributed by atoms with Crippen LogP contribution in [0.5, 0.6) is 0 Å². The molecule has 1 unspecified atom stereocenters. The second kappa shape index (κ2) is 16.6. The number of rotatable bonds is 14. The molecule has 1 saturated heterocycles. The fourth-order valence-electron chi connectivity index (χ4n) is 3.43. The van der Waals surface area contributed by atoms with Crippen LogP contribution in [0, 0.1) is 11.5 Å². The van der Waals surface area contributed by atoms with Gasteiger partial charge in [0.25, 0.3) is 0 Å². The van der Waals surface area contributed by atoms with Gasteiger partial charge in [0, 0.05) is 37.8 Å². The maximum atomic E-state index is 8.86. The zero-order valence-electron chi connectivity index (χ0n) is 18.2. The molecule has 0 aromatic carbocycles. The van der Waals surface area contributed by atoms with Crippen molar-refractivity contribution in [2.75, 3.05) is 25.1 Å². The minimum atomic E-state index is 0.0567. The maximum Gasteiger partial charge on any atom is 0.209 e. The van der Waals surface area contributed by atoms with Crippen LogP contribution in [0.1, 0.15) is 77.0 Å². The lowest BCUT2D eigenvalue weighted by Gasteiger charge is -2.22. The Morgan fingerprint density at radius 1 is 1.07 bits per heavy atom. The number of ether oxygens (including phenoxy) is 2. The summed E-state index contributed by atoms with van der Waals surface area (Å²) in [6.07, 6.45) is 19.9. The normalized spacial score (nSPS) is 16.8. The highest BCUT2D eigenvalue weighted by Crippen LogP contribution is 2.15. The Hall–Kier alpha value is -2.17. The first-order valence-electron chi connectivity index (χ1n) is 11.5. The van der Waals surface area contributed by atoms with Crippen LogP contribution in [0.3, 0.4) is 0 Å². The third kappa shape index (κ3) is 11.7. The summed E-state index contributed by atoms with van der Waals surface area (Å²) in [6, 6.07) is 3.68. The number of aromatic nitrogens is 1. The maximum absolute atomic E-state index is 8.86. The Bertz CT molecular complexity index is 612. The molecule has 0 radical (unpaired) electrons. The van der Waals surface area contributed by atoms with Gasteiger partial charge in [-0.05, 0) is 44.2 Å². The molecule has 1 fully saturated rings. The first-order valence-corrected chi connectivity index (χ1v) is 11.5. The number of guanidine groups is 1. The average Bonchev–Trinajstić information content (AvgIpc) is 2.78. The van der Waals surface area contributed by atoms with Crippen LogP contribution in [-0.2, 0) is 9.47 Å². The van der Waals surface area contributed by atoms with Gasteiger partial charge in [0.2, 0.25) is 5.96 Å². The van der Waals surface area contributed by atoms with E-state index in [1.165, 1.54) is 57.8 Å². The fraction of sp³-hybridized carbons (Fsp3) is 0.696. The summed E-state index contributed by atoms with van der Waals surface area (Å²) in [7, 11) is 0. The van der Waals surface area contributed by atoms with Crippen molar-refractivity contribution in [3.8, 4) is 6.19 Å². The molecule has 1 aromatic rings. The lowest BCUT2D eigenvalue weighted by Crippen LogP contribution is -2.27. The van der Waals surface area contributed by atoms with Crippen LogP contribution in [0.15, 0.2) is 29.5 Å². The van der Waals surface area contributed by atoms with Crippen LogP contribution in [0.2, 0.25) is 0 Å². The van der Waals surface area contributed by atoms with Crippen molar-refractivity contribution in [1.29, 1.82) is 5.26 Å². The van der Waals surface area contributed by atoms with Crippen LogP contribution >= 0.6 is 0 Å².